The molecule has 0 aliphatic heterocycles. The van der Waals surface area contributed by atoms with Crippen LogP contribution < -0.4 is 10.1 Å². The Morgan fingerprint density at radius 2 is 1.74 bits per heavy atom. The Balaban J connectivity index is 1.80. The molecular formula is C24H32N2O4S. The lowest BCUT2D eigenvalue weighted by Crippen LogP contribution is -2.34. The van der Waals surface area contributed by atoms with Crippen LogP contribution in [0.25, 0.3) is 0 Å². The van der Waals surface area contributed by atoms with Gasteiger partial charge in [0.2, 0.25) is 10.0 Å². The van der Waals surface area contributed by atoms with Crippen molar-refractivity contribution in [2.24, 2.45) is 0 Å². The highest BCUT2D eigenvalue weighted by Gasteiger charge is 2.23. The average Bonchev–Trinajstić information content (AvgIpc) is 3.04. The lowest BCUT2D eigenvalue weighted by Gasteiger charge is -2.20. The van der Waals surface area contributed by atoms with Crippen LogP contribution in [0.15, 0.2) is 53.4 Å². The highest BCUT2D eigenvalue weighted by molar-refractivity contribution is 7.89. The number of sulfonamides is 1. The number of benzene rings is 2. The Kier molecular flexibility index (Phi) is 8.09. The number of ether oxygens (including phenoxy) is 1. The zero-order valence-electron chi connectivity index (χ0n) is 18.3. The molecule has 3 rings (SSSR count). The molecule has 1 amide bonds. The molecule has 6 nitrogen and oxygen atoms in total. The van der Waals surface area contributed by atoms with Crippen LogP contribution in [0.1, 0.15) is 61.4 Å². The Morgan fingerprint density at radius 3 is 2.39 bits per heavy atom. The molecule has 0 aromatic heterocycles. The molecule has 2 aromatic carbocycles. The van der Waals surface area contributed by atoms with Crippen LogP contribution in [-0.4, -0.2) is 38.3 Å². The van der Waals surface area contributed by atoms with Gasteiger partial charge in [0.15, 0.2) is 0 Å². The van der Waals surface area contributed by atoms with Gasteiger partial charge in [0.25, 0.3) is 5.91 Å². The monoisotopic (exact) mass is 444 g/mol. The van der Waals surface area contributed by atoms with Crippen molar-refractivity contribution < 1.29 is 17.9 Å². The van der Waals surface area contributed by atoms with Gasteiger partial charge in [0.1, 0.15) is 5.75 Å². The molecule has 0 heterocycles. The Bertz CT molecular complexity index is 968. The first-order valence-corrected chi connectivity index (χ1v) is 12.4. The predicted octanol–water partition coefficient (Wildman–Crippen LogP) is 4.36. The third-order valence-electron chi connectivity index (χ3n) is 5.66. The van der Waals surface area contributed by atoms with Gasteiger partial charge in [-0.2, -0.15) is 4.31 Å². The van der Waals surface area contributed by atoms with Crippen LogP contribution in [0, 0.1) is 0 Å². The second-order valence-electron chi connectivity index (χ2n) is 7.99. The summed E-state index contributed by atoms with van der Waals surface area (Å²) >= 11 is 0. The number of rotatable bonds is 8. The van der Waals surface area contributed by atoms with Crippen LogP contribution in [0.5, 0.6) is 5.75 Å². The van der Waals surface area contributed by atoms with Crippen LogP contribution >= 0.6 is 0 Å². The van der Waals surface area contributed by atoms with Crippen molar-refractivity contribution in [3.05, 3.63) is 59.7 Å². The summed E-state index contributed by atoms with van der Waals surface area (Å²) in [4.78, 5) is 13.1. The van der Waals surface area contributed by atoms with Gasteiger partial charge < -0.3 is 10.1 Å². The van der Waals surface area contributed by atoms with E-state index in [4.69, 9.17) is 4.74 Å². The standard InChI is InChI=1S/C24H32N2O4S/c1-3-30-23-16-15-19(24(27)25-21-11-7-4-5-8-12-21)17-20(23)18-26(2)31(28,29)22-13-9-6-10-14-22/h6,9-10,13-17,21H,3-5,7-8,11-12,18H2,1-2H3,(H,25,27). The number of carbonyl (C=O) groups excluding carboxylic acids is 1. The van der Waals surface area contributed by atoms with E-state index in [-0.39, 0.29) is 23.4 Å². The van der Waals surface area contributed by atoms with Crippen molar-refractivity contribution in [2.45, 2.75) is 62.9 Å². The van der Waals surface area contributed by atoms with E-state index in [0.717, 1.165) is 25.7 Å². The number of hydrogen-bond donors (Lipinski definition) is 1. The fourth-order valence-electron chi connectivity index (χ4n) is 3.93. The fourth-order valence-corrected chi connectivity index (χ4v) is 5.10. The first-order chi connectivity index (χ1) is 14.9. The van der Waals surface area contributed by atoms with Gasteiger partial charge >= 0.3 is 0 Å². The summed E-state index contributed by atoms with van der Waals surface area (Å²) in [6, 6.07) is 13.8. The molecule has 0 bridgehead atoms. The van der Waals surface area contributed by atoms with Gasteiger partial charge in [-0.05, 0) is 50.1 Å². The topological polar surface area (TPSA) is 75.7 Å². The summed E-state index contributed by atoms with van der Waals surface area (Å²) in [6.07, 6.45) is 6.74. The van der Waals surface area contributed by atoms with E-state index in [1.54, 1.807) is 48.5 Å². The SMILES string of the molecule is CCOc1ccc(C(=O)NC2CCCCCC2)cc1CN(C)S(=O)(=O)c1ccccc1. The van der Waals surface area contributed by atoms with Crippen LogP contribution in [0.3, 0.4) is 0 Å². The largest absolute Gasteiger partial charge is 0.494 e. The molecule has 1 N–H and O–H groups in total. The van der Waals surface area contributed by atoms with Gasteiger partial charge in [-0.1, -0.05) is 43.9 Å². The highest BCUT2D eigenvalue weighted by Crippen LogP contribution is 2.25. The molecule has 0 saturated heterocycles. The van der Waals surface area contributed by atoms with Gasteiger partial charge in [-0.3, -0.25) is 4.79 Å². The molecule has 0 radical (unpaired) electrons. The summed E-state index contributed by atoms with van der Waals surface area (Å²) < 4.78 is 32.8. The second kappa shape index (κ2) is 10.8. The fraction of sp³-hybridized carbons (Fsp3) is 0.458. The zero-order chi connectivity index (χ0) is 22.3. The van der Waals surface area contributed by atoms with E-state index >= 15 is 0 Å². The van der Waals surface area contributed by atoms with Gasteiger partial charge in [0, 0.05) is 30.8 Å². The lowest BCUT2D eigenvalue weighted by atomic mass is 10.1. The van der Waals surface area contributed by atoms with E-state index in [1.165, 1.54) is 24.2 Å². The van der Waals surface area contributed by atoms with Gasteiger partial charge in [0.05, 0.1) is 11.5 Å². The Morgan fingerprint density at radius 1 is 1.06 bits per heavy atom. The summed E-state index contributed by atoms with van der Waals surface area (Å²) in [7, 11) is -2.11. The van der Waals surface area contributed by atoms with E-state index < -0.39 is 10.0 Å². The van der Waals surface area contributed by atoms with Crippen LogP contribution in [0.4, 0.5) is 0 Å². The highest BCUT2D eigenvalue weighted by atomic mass is 32.2. The zero-order valence-corrected chi connectivity index (χ0v) is 19.2. The maximum atomic E-state index is 12.9. The molecule has 1 fully saturated rings. The molecule has 7 heteroatoms. The lowest BCUT2D eigenvalue weighted by molar-refractivity contribution is 0.0933. The molecule has 2 aromatic rings. The molecular weight excluding hydrogens is 412 g/mol. The molecule has 1 aliphatic carbocycles. The minimum atomic E-state index is -3.65. The number of nitrogens with zero attached hydrogens (tertiary/aromatic N) is 1. The minimum absolute atomic E-state index is 0.108. The predicted molar refractivity (Wildman–Crippen MR) is 122 cm³/mol. The molecule has 1 aliphatic rings. The van der Waals surface area contributed by atoms with Gasteiger partial charge in [-0.25, -0.2) is 8.42 Å². The summed E-state index contributed by atoms with van der Waals surface area (Å²) in [5, 5.41) is 3.15. The number of hydrogen-bond acceptors (Lipinski definition) is 4. The van der Waals surface area contributed by atoms with Gasteiger partial charge in [-0.15, -0.1) is 0 Å². The van der Waals surface area contributed by atoms with E-state index in [0.29, 0.717) is 23.5 Å². The minimum Gasteiger partial charge on any atom is -0.494 e. The van der Waals surface area contributed by atoms with E-state index in [9.17, 15) is 13.2 Å². The van der Waals surface area contributed by atoms with Crippen molar-refractivity contribution >= 4 is 15.9 Å². The first kappa shape index (κ1) is 23.3. The third kappa shape index (κ3) is 6.08. The number of amides is 1. The maximum Gasteiger partial charge on any atom is 0.251 e. The smallest absolute Gasteiger partial charge is 0.251 e. The normalized spacial score (nSPS) is 15.5. The Labute approximate surface area is 185 Å². The summed E-state index contributed by atoms with van der Waals surface area (Å²) in [6.45, 7) is 2.44. The van der Waals surface area contributed by atoms with Crippen LogP contribution in [-0.2, 0) is 16.6 Å². The maximum absolute atomic E-state index is 12.9. The quantitative estimate of drug-likeness (QED) is 0.614. The first-order valence-electron chi connectivity index (χ1n) is 11.0. The van der Waals surface area contributed by atoms with E-state index in [1.807, 2.05) is 6.92 Å². The second-order valence-corrected chi connectivity index (χ2v) is 10.0. The molecule has 31 heavy (non-hydrogen) atoms. The molecule has 168 valence electrons. The van der Waals surface area contributed by atoms with Crippen molar-refractivity contribution in [1.82, 2.24) is 9.62 Å². The molecule has 1 saturated carbocycles. The molecule has 0 atom stereocenters. The van der Waals surface area contributed by atoms with Crippen LogP contribution in [0.2, 0.25) is 0 Å². The summed E-state index contributed by atoms with van der Waals surface area (Å²) in [5.74, 6) is 0.466. The third-order valence-corrected chi connectivity index (χ3v) is 7.47. The number of carbonyl (C=O) groups is 1. The number of nitrogens with one attached hydrogen (secondary N) is 1. The van der Waals surface area contributed by atoms with E-state index in [2.05, 4.69) is 5.32 Å². The molecule has 0 unspecified atom stereocenters. The van der Waals surface area contributed by atoms with Crippen molar-refractivity contribution in [2.75, 3.05) is 13.7 Å². The molecule has 0 spiro atoms. The van der Waals surface area contributed by atoms with Crippen molar-refractivity contribution in [3.8, 4) is 5.75 Å². The van der Waals surface area contributed by atoms with Crippen molar-refractivity contribution in [1.29, 1.82) is 0 Å². The Hall–Kier alpha value is -2.38. The summed E-state index contributed by atoms with van der Waals surface area (Å²) in [5.41, 5.74) is 1.19. The average molecular weight is 445 g/mol. The van der Waals surface area contributed by atoms with Crippen molar-refractivity contribution in [3.63, 3.8) is 0 Å².